The molecule has 2 nitrogen and oxygen atoms in total. The van der Waals surface area contributed by atoms with Crippen molar-refractivity contribution in [3.63, 3.8) is 0 Å². The van der Waals surface area contributed by atoms with Crippen LogP contribution in [0.4, 0.5) is 0 Å². The van der Waals surface area contributed by atoms with Gasteiger partial charge >= 0.3 is 0 Å². The van der Waals surface area contributed by atoms with Gasteiger partial charge in [-0.15, -0.1) is 0 Å². The van der Waals surface area contributed by atoms with E-state index in [4.69, 9.17) is 9.97 Å². The van der Waals surface area contributed by atoms with Gasteiger partial charge in [0.25, 0.3) is 0 Å². The first-order valence-corrected chi connectivity index (χ1v) is 11.0. The van der Waals surface area contributed by atoms with Gasteiger partial charge in [-0.25, -0.2) is 9.97 Å². The van der Waals surface area contributed by atoms with Gasteiger partial charge in [0.15, 0.2) is 0 Å². The molecule has 0 N–H and O–H groups in total. The molecule has 2 heteroatoms. The zero-order valence-electron chi connectivity index (χ0n) is 20.5. The maximum Gasteiger partial charge on any atom is 0.125 e. The van der Waals surface area contributed by atoms with Crippen LogP contribution in [0.5, 0.6) is 0 Å². The second kappa shape index (κ2) is 8.34. The van der Waals surface area contributed by atoms with E-state index in [2.05, 4.69) is 74.4 Å². The molecule has 2 aromatic carbocycles. The molecule has 0 saturated carbocycles. The summed E-state index contributed by atoms with van der Waals surface area (Å²) in [5.41, 5.74) is 17.4. The summed E-state index contributed by atoms with van der Waals surface area (Å²) in [5, 5.41) is 0. The second-order valence-electron chi connectivity index (χ2n) is 9.10. The lowest BCUT2D eigenvalue weighted by Gasteiger charge is -2.18. The average Bonchev–Trinajstić information content (AvgIpc) is 2.70. The summed E-state index contributed by atoms with van der Waals surface area (Å²) in [5.74, 6) is 0.863. The van der Waals surface area contributed by atoms with Gasteiger partial charge in [0.05, 0.1) is 11.4 Å². The van der Waals surface area contributed by atoms with Crippen molar-refractivity contribution in [2.45, 2.75) is 82.1 Å². The Morgan fingerprint density at radius 1 is 0.467 bits per heavy atom. The van der Waals surface area contributed by atoms with Crippen LogP contribution in [0, 0.1) is 69.2 Å². The first-order valence-electron chi connectivity index (χ1n) is 11.0. The molecule has 0 unspecified atom stereocenters. The fourth-order valence-electron chi connectivity index (χ4n) is 4.41. The van der Waals surface area contributed by atoms with Crippen molar-refractivity contribution in [1.29, 1.82) is 0 Å². The first-order chi connectivity index (χ1) is 14.0. The quantitative estimate of drug-likeness (QED) is 0.484. The molecule has 3 aromatic rings. The summed E-state index contributed by atoms with van der Waals surface area (Å²) in [6, 6.07) is 4.68. The highest BCUT2D eigenvalue weighted by Crippen LogP contribution is 2.27. The van der Waals surface area contributed by atoms with Crippen molar-refractivity contribution in [3.05, 3.63) is 90.5 Å². The Morgan fingerprint density at radius 2 is 0.833 bits per heavy atom. The van der Waals surface area contributed by atoms with Gasteiger partial charge in [-0.1, -0.05) is 12.1 Å². The van der Waals surface area contributed by atoms with E-state index in [9.17, 15) is 0 Å². The van der Waals surface area contributed by atoms with Crippen molar-refractivity contribution in [1.82, 2.24) is 9.97 Å². The average molecular weight is 401 g/mol. The highest BCUT2D eigenvalue weighted by Gasteiger charge is 2.15. The zero-order valence-corrected chi connectivity index (χ0v) is 20.5. The van der Waals surface area contributed by atoms with E-state index in [0.717, 1.165) is 30.1 Å². The van der Waals surface area contributed by atoms with Crippen LogP contribution in [-0.2, 0) is 12.8 Å². The predicted molar refractivity (Wildman–Crippen MR) is 128 cm³/mol. The smallest absolute Gasteiger partial charge is 0.125 e. The number of hydrogen-bond donors (Lipinski definition) is 0. The molecular weight excluding hydrogens is 364 g/mol. The summed E-state index contributed by atoms with van der Waals surface area (Å²) < 4.78 is 0. The molecule has 0 fully saturated rings. The Kier molecular flexibility index (Phi) is 6.17. The lowest BCUT2D eigenvalue weighted by Crippen LogP contribution is -2.09. The van der Waals surface area contributed by atoms with E-state index in [0.29, 0.717) is 0 Å². The zero-order chi connectivity index (χ0) is 22.3. The Hall–Kier alpha value is -2.48. The number of nitrogens with zero attached hydrogens (tertiary/aromatic N) is 2. The fourth-order valence-corrected chi connectivity index (χ4v) is 4.41. The molecule has 30 heavy (non-hydrogen) atoms. The van der Waals surface area contributed by atoms with E-state index in [1.165, 1.54) is 61.2 Å². The van der Waals surface area contributed by atoms with Crippen LogP contribution in [0.3, 0.4) is 0 Å². The van der Waals surface area contributed by atoms with Crippen molar-refractivity contribution < 1.29 is 0 Å². The molecule has 0 bridgehead atoms. The predicted octanol–water partition coefficient (Wildman–Crippen LogP) is 6.74. The molecule has 0 aliphatic rings. The van der Waals surface area contributed by atoms with Crippen molar-refractivity contribution in [3.8, 4) is 0 Å². The van der Waals surface area contributed by atoms with Crippen LogP contribution >= 0.6 is 0 Å². The molecule has 0 aliphatic heterocycles. The largest absolute Gasteiger partial charge is 0.238 e. The number of aryl methyl sites for hydroxylation is 3. The van der Waals surface area contributed by atoms with Gasteiger partial charge in [-0.05, 0) is 130 Å². The van der Waals surface area contributed by atoms with Crippen LogP contribution in [-0.4, -0.2) is 9.97 Å². The standard InChI is InChI=1S/C28H36N2/c1-15-11-25(21(7)19(5)17(15)3)13-27-23(9)28(30-24(10)29-27)14-26-12-16(2)18(4)20(6)22(26)8/h11-12H,13-14H2,1-10H3. The van der Waals surface area contributed by atoms with Crippen molar-refractivity contribution in [2.24, 2.45) is 0 Å². The van der Waals surface area contributed by atoms with E-state index >= 15 is 0 Å². The summed E-state index contributed by atoms with van der Waals surface area (Å²) in [6.07, 6.45) is 1.72. The lowest BCUT2D eigenvalue weighted by atomic mass is 9.90. The molecular formula is C28H36N2. The van der Waals surface area contributed by atoms with E-state index < -0.39 is 0 Å². The van der Waals surface area contributed by atoms with Crippen LogP contribution in [0.25, 0.3) is 0 Å². The van der Waals surface area contributed by atoms with Gasteiger partial charge < -0.3 is 0 Å². The summed E-state index contributed by atoms with van der Waals surface area (Å²) in [6.45, 7) is 22.0. The van der Waals surface area contributed by atoms with E-state index in [-0.39, 0.29) is 0 Å². The molecule has 0 saturated heterocycles. The maximum absolute atomic E-state index is 4.85. The highest BCUT2D eigenvalue weighted by molar-refractivity contribution is 5.47. The number of hydrogen-bond acceptors (Lipinski definition) is 2. The molecule has 3 rings (SSSR count). The van der Waals surface area contributed by atoms with Gasteiger partial charge in [0.2, 0.25) is 0 Å². The van der Waals surface area contributed by atoms with Crippen LogP contribution < -0.4 is 0 Å². The monoisotopic (exact) mass is 400 g/mol. The minimum Gasteiger partial charge on any atom is -0.238 e. The van der Waals surface area contributed by atoms with E-state index in [1.54, 1.807) is 0 Å². The maximum atomic E-state index is 4.85. The normalized spacial score (nSPS) is 11.3. The van der Waals surface area contributed by atoms with Gasteiger partial charge in [-0.3, -0.25) is 0 Å². The fraction of sp³-hybridized carbons (Fsp3) is 0.429. The molecule has 0 atom stereocenters. The Labute approximate surface area is 182 Å². The second-order valence-corrected chi connectivity index (χ2v) is 9.10. The van der Waals surface area contributed by atoms with Gasteiger partial charge in [0, 0.05) is 12.8 Å². The Morgan fingerprint density at radius 3 is 1.20 bits per heavy atom. The molecule has 1 aromatic heterocycles. The first kappa shape index (κ1) is 22.2. The lowest BCUT2D eigenvalue weighted by molar-refractivity contribution is 0.883. The Bertz CT molecular complexity index is 1050. The number of benzene rings is 2. The summed E-state index contributed by atoms with van der Waals surface area (Å²) in [4.78, 5) is 9.71. The third-order valence-electron chi connectivity index (χ3n) is 7.35. The number of aromatic nitrogens is 2. The topological polar surface area (TPSA) is 25.8 Å². The number of rotatable bonds is 4. The molecule has 0 amide bonds. The molecule has 0 spiro atoms. The highest BCUT2D eigenvalue weighted by atomic mass is 14.9. The minimum atomic E-state index is 0.862. The third kappa shape index (κ3) is 4.05. The summed E-state index contributed by atoms with van der Waals surface area (Å²) in [7, 11) is 0. The third-order valence-corrected chi connectivity index (χ3v) is 7.35. The van der Waals surface area contributed by atoms with Gasteiger partial charge in [-0.2, -0.15) is 0 Å². The van der Waals surface area contributed by atoms with E-state index in [1.807, 2.05) is 6.92 Å². The Balaban J connectivity index is 2.04. The molecule has 0 radical (unpaired) electrons. The molecule has 0 aliphatic carbocycles. The van der Waals surface area contributed by atoms with Crippen LogP contribution in [0.2, 0.25) is 0 Å². The summed E-state index contributed by atoms with van der Waals surface area (Å²) >= 11 is 0. The SMILES string of the molecule is Cc1nc(Cc2cc(C)c(C)c(C)c2C)c(C)c(Cc2cc(C)c(C)c(C)c2C)n1. The molecule has 158 valence electrons. The van der Waals surface area contributed by atoms with Crippen molar-refractivity contribution >= 4 is 0 Å². The molecule has 1 heterocycles. The van der Waals surface area contributed by atoms with Crippen LogP contribution in [0.1, 0.15) is 78.4 Å². The minimum absolute atomic E-state index is 0.862. The van der Waals surface area contributed by atoms with Crippen molar-refractivity contribution in [2.75, 3.05) is 0 Å². The van der Waals surface area contributed by atoms with Gasteiger partial charge in [0.1, 0.15) is 5.82 Å². The van der Waals surface area contributed by atoms with Crippen LogP contribution in [0.15, 0.2) is 12.1 Å².